The summed E-state index contributed by atoms with van der Waals surface area (Å²) >= 11 is 0. The van der Waals surface area contributed by atoms with Crippen LogP contribution in [0.1, 0.15) is 59.3 Å². The molecular formula is C15H33N3. The second kappa shape index (κ2) is 7.46. The monoisotopic (exact) mass is 255 g/mol. The van der Waals surface area contributed by atoms with E-state index in [1.165, 1.54) is 38.5 Å². The van der Waals surface area contributed by atoms with Gasteiger partial charge in [-0.3, -0.25) is 0 Å². The van der Waals surface area contributed by atoms with Crippen molar-refractivity contribution in [1.82, 2.24) is 0 Å². The van der Waals surface area contributed by atoms with Crippen molar-refractivity contribution in [3.63, 3.8) is 0 Å². The van der Waals surface area contributed by atoms with Crippen molar-refractivity contribution < 1.29 is 0 Å². The van der Waals surface area contributed by atoms with Crippen LogP contribution >= 0.6 is 0 Å². The van der Waals surface area contributed by atoms with E-state index in [4.69, 9.17) is 17.2 Å². The van der Waals surface area contributed by atoms with Crippen LogP contribution in [0.15, 0.2) is 0 Å². The number of rotatable bonds is 0. The molecule has 3 saturated carbocycles. The molecular weight excluding hydrogens is 222 g/mol. The number of hydrogen-bond donors (Lipinski definition) is 3. The number of nitrogens with two attached hydrogens (primary N) is 3. The largest absolute Gasteiger partial charge is 0.328 e. The molecule has 3 rings (SSSR count). The molecule has 18 heavy (non-hydrogen) atoms. The van der Waals surface area contributed by atoms with E-state index in [1.54, 1.807) is 0 Å². The molecule has 0 heterocycles. The molecule has 0 aromatic heterocycles. The lowest BCUT2D eigenvalue weighted by molar-refractivity contribution is 0.282. The maximum Gasteiger partial charge on any atom is 0.00646 e. The molecule has 0 amide bonds. The smallest absolute Gasteiger partial charge is 0.00646 e. The van der Waals surface area contributed by atoms with Crippen LogP contribution in [0.5, 0.6) is 0 Å². The normalized spacial score (nSPS) is 45.0. The Labute approximate surface area is 113 Å². The summed E-state index contributed by atoms with van der Waals surface area (Å²) in [6, 6.07) is 1.61. The highest BCUT2D eigenvalue weighted by Crippen LogP contribution is 2.24. The van der Waals surface area contributed by atoms with Crippen LogP contribution in [0.25, 0.3) is 0 Å². The molecule has 0 saturated heterocycles. The van der Waals surface area contributed by atoms with Crippen molar-refractivity contribution in [2.45, 2.75) is 77.4 Å². The van der Waals surface area contributed by atoms with Gasteiger partial charge < -0.3 is 17.2 Å². The third-order valence-corrected chi connectivity index (χ3v) is 4.78. The predicted molar refractivity (Wildman–Crippen MR) is 79.1 cm³/mol. The van der Waals surface area contributed by atoms with Gasteiger partial charge in [0.05, 0.1) is 0 Å². The van der Waals surface area contributed by atoms with Crippen molar-refractivity contribution in [2.24, 2.45) is 35.0 Å². The Kier molecular flexibility index (Phi) is 6.61. The van der Waals surface area contributed by atoms with E-state index in [-0.39, 0.29) is 0 Å². The Hall–Kier alpha value is -0.120. The summed E-state index contributed by atoms with van der Waals surface area (Å²) in [6.07, 6.45) is 7.70. The molecule has 0 bridgehead atoms. The summed E-state index contributed by atoms with van der Waals surface area (Å²) in [6.45, 7) is 6.64. The Morgan fingerprint density at radius 1 is 0.667 bits per heavy atom. The lowest BCUT2D eigenvalue weighted by Crippen LogP contribution is -2.37. The van der Waals surface area contributed by atoms with Crippen LogP contribution in [0.3, 0.4) is 0 Å². The van der Waals surface area contributed by atoms with Gasteiger partial charge in [-0.1, -0.05) is 20.8 Å². The van der Waals surface area contributed by atoms with Crippen LogP contribution in [0.4, 0.5) is 0 Å². The van der Waals surface area contributed by atoms with E-state index in [1.807, 2.05) is 0 Å². The van der Waals surface area contributed by atoms with Crippen molar-refractivity contribution >= 4 is 0 Å². The van der Waals surface area contributed by atoms with E-state index < -0.39 is 0 Å². The zero-order valence-electron chi connectivity index (χ0n) is 12.4. The Morgan fingerprint density at radius 2 is 1.00 bits per heavy atom. The second-order valence-corrected chi connectivity index (χ2v) is 6.77. The summed E-state index contributed by atoms with van der Waals surface area (Å²) in [4.78, 5) is 0. The fourth-order valence-electron chi connectivity index (χ4n) is 2.35. The summed E-state index contributed by atoms with van der Waals surface area (Å²) in [5.41, 5.74) is 16.5. The summed E-state index contributed by atoms with van der Waals surface area (Å²) in [5.74, 6) is 2.54. The van der Waals surface area contributed by atoms with Gasteiger partial charge in [-0.15, -0.1) is 0 Å². The highest BCUT2D eigenvalue weighted by atomic mass is 14.7. The van der Waals surface area contributed by atoms with Gasteiger partial charge in [-0.05, 0) is 56.3 Å². The molecule has 0 aromatic rings. The Bertz CT molecular complexity index is 188. The minimum Gasteiger partial charge on any atom is -0.328 e. The molecule has 3 nitrogen and oxygen atoms in total. The topological polar surface area (TPSA) is 78.1 Å². The fraction of sp³-hybridized carbons (Fsp3) is 1.00. The summed E-state index contributed by atoms with van der Waals surface area (Å²) < 4.78 is 0. The van der Waals surface area contributed by atoms with E-state index >= 15 is 0 Å². The van der Waals surface area contributed by atoms with Gasteiger partial charge in [0.1, 0.15) is 0 Å². The molecule has 0 radical (unpaired) electrons. The highest BCUT2D eigenvalue weighted by Gasteiger charge is 2.22. The van der Waals surface area contributed by atoms with Crippen molar-refractivity contribution in [3.8, 4) is 0 Å². The fourth-order valence-corrected chi connectivity index (χ4v) is 2.35. The van der Waals surface area contributed by atoms with Crippen LogP contribution < -0.4 is 17.2 Å². The van der Waals surface area contributed by atoms with Crippen molar-refractivity contribution in [3.05, 3.63) is 0 Å². The molecule has 6 N–H and O–H groups in total. The van der Waals surface area contributed by atoms with Gasteiger partial charge in [-0.2, -0.15) is 0 Å². The third kappa shape index (κ3) is 5.25. The van der Waals surface area contributed by atoms with E-state index in [0.717, 1.165) is 17.8 Å². The molecule has 3 fully saturated rings. The van der Waals surface area contributed by atoms with E-state index in [2.05, 4.69) is 20.8 Å². The molecule has 108 valence electrons. The average Bonchev–Trinajstić information content (AvgIpc) is 2.34. The molecule has 0 spiro atoms. The van der Waals surface area contributed by atoms with Gasteiger partial charge in [-0.25, -0.2) is 0 Å². The van der Waals surface area contributed by atoms with Gasteiger partial charge in [0, 0.05) is 18.1 Å². The summed E-state index contributed by atoms with van der Waals surface area (Å²) in [7, 11) is 0. The standard InChI is InChI=1S/3C5H11N/c1-4-2-5(6)3-4;2*1-4-2-3-5(4)6/h3*4-5H,2-3,6H2,1H3. The first-order valence-corrected chi connectivity index (χ1v) is 7.66. The van der Waals surface area contributed by atoms with Crippen LogP contribution in [-0.4, -0.2) is 18.1 Å². The first-order chi connectivity index (χ1) is 8.40. The molecule has 0 aliphatic heterocycles. The summed E-state index contributed by atoms with van der Waals surface area (Å²) in [5, 5.41) is 0. The first-order valence-electron chi connectivity index (χ1n) is 7.66. The molecule has 3 aliphatic rings. The first kappa shape index (κ1) is 15.9. The SMILES string of the molecule is CC1CC(N)C1.CC1CCC1N.CC1CCC1N. The lowest BCUT2D eigenvalue weighted by atomic mass is 9.82. The second-order valence-electron chi connectivity index (χ2n) is 6.77. The maximum absolute atomic E-state index is 5.52. The number of hydrogen-bond acceptors (Lipinski definition) is 3. The minimum absolute atomic E-state index is 0.532. The van der Waals surface area contributed by atoms with Crippen molar-refractivity contribution in [1.29, 1.82) is 0 Å². The van der Waals surface area contributed by atoms with Gasteiger partial charge in [0.2, 0.25) is 0 Å². The molecule has 4 unspecified atom stereocenters. The van der Waals surface area contributed by atoms with Crippen molar-refractivity contribution in [2.75, 3.05) is 0 Å². The zero-order chi connectivity index (χ0) is 13.7. The quantitative estimate of drug-likeness (QED) is 0.621. The molecule has 3 aliphatic carbocycles. The molecule has 0 aromatic carbocycles. The van der Waals surface area contributed by atoms with Gasteiger partial charge >= 0.3 is 0 Å². The van der Waals surface area contributed by atoms with Crippen LogP contribution in [0.2, 0.25) is 0 Å². The van der Waals surface area contributed by atoms with E-state index in [0.29, 0.717) is 18.1 Å². The minimum atomic E-state index is 0.532. The Morgan fingerprint density at radius 3 is 1.00 bits per heavy atom. The van der Waals surface area contributed by atoms with E-state index in [9.17, 15) is 0 Å². The third-order valence-electron chi connectivity index (χ3n) is 4.78. The van der Waals surface area contributed by atoms with Crippen LogP contribution in [-0.2, 0) is 0 Å². The van der Waals surface area contributed by atoms with Gasteiger partial charge in [0.25, 0.3) is 0 Å². The molecule has 4 atom stereocenters. The average molecular weight is 255 g/mol. The maximum atomic E-state index is 5.52. The lowest BCUT2D eigenvalue weighted by Gasteiger charge is -2.29. The Balaban J connectivity index is 0.000000135. The van der Waals surface area contributed by atoms with Gasteiger partial charge in [0.15, 0.2) is 0 Å². The highest BCUT2D eigenvalue weighted by molar-refractivity contribution is 4.80. The predicted octanol–water partition coefficient (Wildman–Crippen LogP) is 2.23. The molecule has 3 heteroatoms. The zero-order valence-corrected chi connectivity index (χ0v) is 12.4. The van der Waals surface area contributed by atoms with Crippen LogP contribution in [0, 0.1) is 17.8 Å².